The van der Waals surface area contributed by atoms with E-state index in [1.807, 2.05) is 6.92 Å². The molecule has 1 aliphatic carbocycles. The first-order valence-electron chi connectivity index (χ1n) is 5.62. The van der Waals surface area contributed by atoms with Gasteiger partial charge in [0.2, 0.25) is 0 Å². The third-order valence-electron chi connectivity index (χ3n) is 3.26. The number of rotatable bonds is 4. The zero-order valence-electron chi connectivity index (χ0n) is 9.29. The van der Waals surface area contributed by atoms with E-state index in [1.54, 1.807) is 0 Å². The first-order chi connectivity index (χ1) is 6.56. The van der Waals surface area contributed by atoms with E-state index in [-0.39, 0.29) is 12.6 Å². The first-order valence-corrected chi connectivity index (χ1v) is 5.62. The van der Waals surface area contributed by atoms with Gasteiger partial charge in [-0.05, 0) is 38.5 Å². The molecule has 0 aromatic rings. The van der Waals surface area contributed by atoms with Crippen LogP contribution in [0.25, 0.3) is 0 Å². The van der Waals surface area contributed by atoms with Crippen LogP contribution < -0.4 is 5.32 Å². The molecular weight excluding hydrogens is 178 g/mol. The highest BCUT2D eigenvalue weighted by Gasteiger charge is 2.31. The van der Waals surface area contributed by atoms with Crippen LogP contribution >= 0.6 is 0 Å². The lowest BCUT2D eigenvalue weighted by Crippen LogP contribution is -2.46. The second-order valence-electron chi connectivity index (χ2n) is 4.87. The Balaban J connectivity index is 2.28. The van der Waals surface area contributed by atoms with Crippen LogP contribution in [0.15, 0.2) is 0 Å². The van der Waals surface area contributed by atoms with Crippen molar-refractivity contribution in [3.63, 3.8) is 0 Å². The number of hydrogen-bond donors (Lipinski definition) is 3. The Kier molecular flexibility index (Phi) is 4.35. The molecule has 0 aliphatic heterocycles. The molecule has 3 heteroatoms. The fourth-order valence-corrected chi connectivity index (χ4v) is 1.91. The summed E-state index contributed by atoms with van der Waals surface area (Å²) in [7, 11) is 0. The highest BCUT2D eigenvalue weighted by atomic mass is 16.3. The molecule has 14 heavy (non-hydrogen) atoms. The Hall–Kier alpha value is -0.120. The van der Waals surface area contributed by atoms with Gasteiger partial charge in [-0.3, -0.25) is 0 Å². The molecule has 1 fully saturated rings. The molecule has 0 bridgehead atoms. The lowest BCUT2D eigenvalue weighted by Gasteiger charge is -2.35. The highest BCUT2D eigenvalue weighted by Crippen LogP contribution is 2.31. The summed E-state index contributed by atoms with van der Waals surface area (Å²) in [5, 5.41) is 22.2. The average molecular weight is 201 g/mol. The predicted molar refractivity (Wildman–Crippen MR) is 57.1 cm³/mol. The van der Waals surface area contributed by atoms with Crippen molar-refractivity contribution in [2.75, 3.05) is 13.2 Å². The molecule has 3 N–H and O–H groups in total. The van der Waals surface area contributed by atoms with E-state index >= 15 is 0 Å². The van der Waals surface area contributed by atoms with E-state index in [0.29, 0.717) is 6.54 Å². The molecule has 0 aromatic carbocycles. The maximum Gasteiger partial charge on any atom is 0.0771 e. The van der Waals surface area contributed by atoms with Crippen LogP contribution in [0.1, 0.15) is 39.5 Å². The largest absolute Gasteiger partial charge is 0.395 e. The van der Waals surface area contributed by atoms with Crippen LogP contribution in [0.5, 0.6) is 0 Å². The summed E-state index contributed by atoms with van der Waals surface area (Å²) in [5.41, 5.74) is -0.532. The molecule has 1 aliphatic rings. The molecule has 0 heterocycles. The Morgan fingerprint density at radius 3 is 2.50 bits per heavy atom. The number of nitrogens with one attached hydrogen (secondary N) is 1. The fourth-order valence-electron chi connectivity index (χ4n) is 1.91. The number of aliphatic hydroxyl groups excluding tert-OH is 1. The lowest BCUT2D eigenvalue weighted by atomic mass is 9.79. The lowest BCUT2D eigenvalue weighted by molar-refractivity contribution is -0.00896. The van der Waals surface area contributed by atoms with Crippen LogP contribution in [-0.4, -0.2) is 35.0 Å². The van der Waals surface area contributed by atoms with E-state index in [4.69, 9.17) is 5.11 Å². The van der Waals surface area contributed by atoms with Crippen molar-refractivity contribution < 1.29 is 10.2 Å². The molecular formula is C11H23NO2. The normalized spacial score (nSPS) is 35.6. The zero-order valence-corrected chi connectivity index (χ0v) is 9.29. The maximum atomic E-state index is 10.2. The Bertz CT molecular complexity index is 165. The monoisotopic (exact) mass is 201 g/mol. The van der Waals surface area contributed by atoms with Crippen LogP contribution in [-0.2, 0) is 0 Å². The molecule has 1 unspecified atom stereocenters. The fraction of sp³-hybridized carbons (Fsp3) is 1.00. The minimum atomic E-state index is -0.532. The summed E-state index contributed by atoms with van der Waals surface area (Å²) >= 11 is 0. The van der Waals surface area contributed by atoms with Crippen molar-refractivity contribution in [3.8, 4) is 0 Å². The van der Waals surface area contributed by atoms with Crippen LogP contribution in [0.4, 0.5) is 0 Å². The molecule has 1 atom stereocenters. The van der Waals surface area contributed by atoms with Gasteiger partial charge in [0, 0.05) is 12.6 Å². The molecule has 0 aromatic heterocycles. The van der Waals surface area contributed by atoms with Gasteiger partial charge in [-0.1, -0.05) is 6.92 Å². The maximum absolute atomic E-state index is 10.2. The van der Waals surface area contributed by atoms with E-state index in [0.717, 1.165) is 31.6 Å². The van der Waals surface area contributed by atoms with Gasteiger partial charge in [0.25, 0.3) is 0 Å². The Labute approximate surface area is 86.5 Å². The third-order valence-corrected chi connectivity index (χ3v) is 3.26. The number of hydrogen-bond acceptors (Lipinski definition) is 3. The second-order valence-corrected chi connectivity index (χ2v) is 4.87. The minimum Gasteiger partial charge on any atom is -0.395 e. The van der Waals surface area contributed by atoms with Crippen LogP contribution in [0.3, 0.4) is 0 Å². The second kappa shape index (κ2) is 5.10. The summed E-state index contributed by atoms with van der Waals surface area (Å²) in [6.45, 7) is 4.91. The molecule has 84 valence electrons. The van der Waals surface area contributed by atoms with Gasteiger partial charge >= 0.3 is 0 Å². The standard InChI is InChI=1S/C11H23NO2/c1-9-3-5-11(14,6-4-9)8-12-10(2)7-13/h9-10,12-14H,3-8H2,1-2H3. The topological polar surface area (TPSA) is 52.5 Å². The van der Waals surface area contributed by atoms with Gasteiger partial charge in [-0.15, -0.1) is 0 Å². The Morgan fingerprint density at radius 1 is 1.43 bits per heavy atom. The summed E-state index contributed by atoms with van der Waals surface area (Å²) in [6.07, 6.45) is 4.01. The quantitative estimate of drug-likeness (QED) is 0.633. The average Bonchev–Trinajstić information content (AvgIpc) is 2.20. The molecule has 0 radical (unpaired) electrons. The van der Waals surface area contributed by atoms with E-state index in [1.165, 1.54) is 0 Å². The predicted octanol–water partition coefficient (Wildman–Crippen LogP) is 0.898. The summed E-state index contributed by atoms with van der Waals surface area (Å²) < 4.78 is 0. The van der Waals surface area contributed by atoms with Crippen LogP contribution in [0, 0.1) is 5.92 Å². The smallest absolute Gasteiger partial charge is 0.0771 e. The summed E-state index contributed by atoms with van der Waals surface area (Å²) in [6, 6.07) is 0.0818. The molecule has 0 spiro atoms. The highest BCUT2D eigenvalue weighted by molar-refractivity contribution is 4.86. The summed E-state index contributed by atoms with van der Waals surface area (Å²) in [4.78, 5) is 0. The minimum absolute atomic E-state index is 0.0818. The first kappa shape index (κ1) is 12.0. The van der Waals surface area contributed by atoms with Crippen molar-refractivity contribution >= 4 is 0 Å². The van der Waals surface area contributed by atoms with Crippen molar-refractivity contribution in [3.05, 3.63) is 0 Å². The van der Waals surface area contributed by atoms with Gasteiger partial charge in [0.15, 0.2) is 0 Å². The third kappa shape index (κ3) is 3.56. The van der Waals surface area contributed by atoms with Crippen molar-refractivity contribution in [2.24, 2.45) is 5.92 Å². The van der Waals surface area contributed by atoms with E-state index < -0.39 is 5.60 Å². The van der Waals surface area contributed by atoms with Crippen molar-refractivity contribution in [1.29, 1.82) is 0 Å². The van der Waals surface area contributed by atoms with Crippen molar-refractivity contribution in [2.45, 2.75) is 51.2 Å². The Morgan fingerprint density at radius 2 is 2.00 bits per heavy atom. The zero-order chi connectivity index (χ0) is 10.6. The molecule has 0 amide bonds. The number of aliphatic hydroxyl groups is 2. The molecule has 1 rings (SSSR count). The van der Waals surface area contributed by atoms with E-state index in [2.05, 4.69) is 12.2 Å². The van der Waals surface area contributed by atoms with Gasteiger partial charge in [-0.25, -0.2) is 0 Å². The van der Waals surface area contributed by atoms with Gasteiger partial charge < -0.3 is 15.5 Å². The van der Waals surface area contributed by atoms with Crippen LogP contribution in [0.2, 0.25) is 0 Å². The van der Waals surface area contributed by atoms with E-state index in [9.17, 15) is 5.11 Å². The van der Waals surface area contributed by atoms with Gasteiger partial charge in [0.1, 0.15) is 0 Å². The van der Waals surface area contributed by atoms with Crippen molar-refractivity contribution in [1.82, 2.24) is 5.32 Å². The van der Waals surface area contributed by atoms with Gasteiger partial charge in [-0.2, -0.15) is 0 Å². The molecule has 1 saturated carbocycles. The SMILES string of the molecule is CC1CCC(O)(CNC(C)CO)CC1. The van der Waals surface area contributed by atoms with Gasteiger partial charge in [0.05, 0.1) is 12.2 Å². The molecule has 0 saturated heterocycles. The summed E-state index contributed by atoms with van der Waals surface area (Å²) in [5.74, 6) is 0.755. The molecule has 3 nitrogen and oxygen atoms in total.